The van der Waals surface area contributed by atoms with E-state index in [2.05, 4.69) is 32.5 Å². The molecule has 0 aliphatic rings. The molecule has 0 atom stereocenters. The van der Waals surface area contributed by atoms with E-state index in [1.54, 1.807) is 18.6 Å². The number of anilines is 4. The number of aromatic nitrogens is 3. The first kappa shape index (κ1) is 22.8. The summed E-state index contributed by atoms with van der Waals surface area (Å²) in [6.45, 7) is 8.81. The second-order valence-corrected chi connectivity index (χ2v) is 7.69. The maximum Gasteiger partial charge on any atom is 0.227 e. The standard InChI is InChI=1S/C27H28N6O/c1-5-34-24-10-7-20(8-11-24)25-12-13-30-27(32-25)33-26-15-22(9-6-18(26)2)31-19(3)21-14-23(28-4)17-29-16-21/h6-17,28,31H,3,5H2,1-2,4H3,(H,30,32,33). The summed E-state index contributed by atoms with van der Waals surface area (Å²) in [6, 6.07) is 17.8. The number of ether oxygens (including phenoxy) is 1. The van der Waals surface area contributed by atoms with Crippen LogP contribution in [0.4, 0.5) is 23.0 Å². The lowest BCUT2D eigenvalue weighted by atomic mass is 10.1. The Balaban J connectivity index is 1.51. The summed E-state index contributed by atoms with van der Waals surface area (Å²) in [5.41, 5.74) is 7.30. The van der Waals surface area contributed by atoms with Gasteiger partial charge in [0.25, 0.3) is 0 Å². The molecule has 0 radical (unpaired) electrons. The summed E-state index contributed by atoms with van der Waals surface area (Å²) in [7, 11) is 1.86. The Bertz CT molecular complexity index is 1290. The van der Waals surface area contributed by atoms with Crippen molar-refractivity contribution in [3.63, 3.8) is 0 Å². The van der Waals surface area contributed by atoms with Crippen molar-refractivity contribution in [2.75, 3.05) is 29.6 Å². The molecule has 0 bridgehead atoms. The van der Waals surface area contributed by atoms with Gasteiger partial charge in [0, 0.05) is 53.8 Å². The summed E-state index contributed by atoms with van der Waals surface area (Å²) in [5, 5.41) is 9.80. The molecule has 3 N–H and O–H groups in total. The lowest BCUT2D eigenvalue weighted by Gasteiger charge is -2.14. The Morgan fingerprint density at radius 3 is 2.59 bits per heavy atom. The first-order valence-electron chi connectivity index (χ1n) is 11.1. The summed E-state index contributed by atoms with van der Waals surface area (Å²) < 4.78 is 5.53. The molecule has 0 amide bonds. The Morgan fingerprint density at radius 1 is 1.00 bits per heavy atom. The van der Waals surface area contributed by atoms with E-state index in [9.17, 15) is 0 Å². The van der Waals surface area contributed by atoms with Crippen LogP contribution in [-0.4, -0.2) is 28.6 Å². The van der Waals surface area contributed by atoms with Crippen molar-refractivity contribution >= 4 is 28.7 Å². The lowest BCUT2D eigenvalue weighted by molar-refractivity contribution is 0.340. The Hall–Kier alpha value is -4.39. The summed E-state index contributed by atoms with van der Waals surface area (Å²) >= 11 is 0. The summed E-state index contributed by atoms with van der Waals surface area (Å²) in [4.78, 5) is 13.4. The van der Waals surface area contributed by atoms with Crippen molar-refractivity contribution in [2.24, 2.45) is 0 Å². The number of hydrogen-bond donors (Lipinski definition) is 3. The second kappa shape index (κ2) is 10.5. The number of pyridine rings is 1. The van der Waals surface area contributed by atoms with E-state index in [4.69, 9.17) is 9.72 Å². The average Bonchev–Trinajstić information content (AvgIpc) is 2.87. The predicted molar refractivity (Wildman–Crippen MR) is 140 cm³/mol. The molecule has 34 heavy (non-hydrogen) atoms. The van der Waals surface area contributed by atoms with Crippen LogP contribution in [0.5, 0.6) is 5.75 Å². The normalized spacial score (nSPS) is 10.4. The van der Waals surface area contributed by atoms with Crippen LogP contribution >= 0.6 is 0 Å². The predicted octanol–water partition coefficient (Wildman–Crippen LogP) is 6.11. The highest BCUT2D eigenvalue weighted by molar-refractivity contribution is 5.78. The van der Waals surface area contributed by atoms with Gasteiger partial charge in [-0.15, -0.1) is 0 Å². The van der Waals surface area contributed by atoms with Crippen molar-refractivity contribution in [1.29, 1.82) is 0 Å². The van der Waals surface area contributed by atoms with Crippen molar-refractivity contribution in [1.82, 2.24) is 15.0 Å². The Morgan fingerprint density at radius 2 is 1.82 bits per heavy atom. The molecule has 0 aliphatic carbocycles. The monoisotopic (exact) mass is 452 g/mol. The highest BCUT2D eigenvalue weighted by Crippen LogP contribution is 2.27. The van der Waals surface area contributed by atoms with Gasteiger partial charge in [0.05, 0.1) is 18.0 Å². The maximum absolute atomic E-state index is 5.53. The highest BCUT2D eigenvalue weighted by Gasteiger charge is 2.08. The van der Waals surface area contributed by atoms with Gasteiger partial charge in [-0.25, -0.2) is 9.97 Å². The van der Waals surface area contributed by atoms with Crippen LogP contribution in [0, 0.1) is 6.92 Å². The molecule has 0 saturated heterocycles. The van der Waals surface area contributed by atoms with Crippen LogP contribution in [0.3, 0.4) is 0 Å². The molecule has 4 rings (SSSR count). The third-order valence-electron chi connectivity index (χ3n) is 5.27. The fourth-order valence-electron chi connectivity index (χ4n) is 3.41. The smallest absolute Gasteiger partial charge is 0.227 e. The van der Waals surface area contributed by atoms with E-state index in [0.717, 1.165) is 50.9 Å². The largest absolute Gasteiger partial charge is 0.494 e. The van der Waals surface area contributed by atoms with Gasteiger partial charge in [-0.2, -0.15) is 0 Å². The first-order chi connectivity index (χ1) is 16.6. The first-order valence-corrected chi connectivity index (χ1v) is 11.1. The van der Waals surface area contributed by atoms with Crippen molar-refractivity contribution in [3.8, 4) is 17.0 Å². The van der Waals surface area contributed by atoms with Gasteiger partial charge in [0.1, 0.15) is 5.75 Å². The van der Waals surface area contributed by atoms with Gasteiger partial charge in [-0.3, -0.25) is 4.98 Å². The van der Waals surface area contributed by atoms with Gasteiger partial charge in [-0.05, 0) is 67.9 Å². The van der Waals surface area contributed by atoms with Gasteiger partial charge < -0.3 is 20.7 Å². The lowest BCUT2D eigenvalue weighted by Crippen LogP contribution is -2.02. The highest BCUT2D eigenvalue weighted by atomic mass is 16.5. The SMILES string of the molecule is C=C(Nc1ccc(C)c(Nc2nccc(-c3ccc(OCC)cc3)n2)c1)c1cncc(NC)c1. The number of rotatable bonds is 9. The molecular formula is C27H28N6O. The number of benzene rings is 2. The van der Waals surface area contributed by atoms with E-state index in [1.165, 1.54) is 0 Å². The molecule has 7 nitrogen and oxygen atoms in total. The minimum absolute atomic E-state index is 0.524. The minimum Gasteiger partial charge on any atom is -0.494 e. The van der Waals surface area contributed by atoms with Gasteiger partial charge in [0.2, 0.25) is 5.95 Å². The van der Waals surface area contributed by atoms with Gasteiger partial charge in [0.15, 0.2) is 0 Å². The molecule has 172 valence electrons. The van der Waals surface area contributed by atoms with E-state index < -0.39 is 0 Å². The zero-order valence-electron chi connectivity index (χ0n) is 19.6. The Kier molecular flexibility index (Phi) is 7.03. The zero-order chi connectivity index (χ0) is 23.9. The van der Waals surface area contributed by atoms with Crippen LogP contribution in [0.25, 0.3) is 17.0 Å². The van der Waals surface area contributed by atoms with Crippen molar-refractivity contribution in [2.45, 2.75) is 13.8 Å². The molecule has 4 aromatic rings. The fraction of sp³-hybridized carbons (Fsp3) is 0.148. The minimum atomic E-state index is 0.524. The van der Waals surface area contributed by atoms with Crippen LogP contribution in [0.1, 0.15) is 18.1 Å². The number of hydrogen-bond acceptors (Lipinski definition) is 7. The fourth-order valence-corrected chi connectivity index (χ4v) is 3.41. The van der Waals surface area contributed by atoms with Crippen LogP contribution < -0.4 is 20.7 Å². The second-order valence-electron chi connectivity index (χ2n) is 7.69. The van der Waals surface area contributed by atoms with Crippen LogP contribution in [0.15, 0.2) is 79.8 Å². The quantitative estimate of drug-likeness (QED) is 0.282. The van der Waals surface area contributed by atoms with Gasteiger partial charge in [-0.1, -0.05) is 12.6 Å². The average molecular weight is 453 g/mol. The third-order valence-corrected chi connectivity index (χ3v) is 5.27. The van der Waals surface area contributed by atoms with E-state index in [1.807, 2.05) is 75.5 Å². The molecule has 2 aromatic heterocycles. The number of nitrogens with zero attached hydrogens (tertiary/aromatic N) is 3. The molecule has 2 aromatic carbocycles. The molecule has 7 heteroatoms. The summed E-state index contributed by atoms with van der Waals surface area (Å²) in [6.07, 6.45) is 5.30. The molecule has 0 fully saturated rings. The molecular weight excluding hydrogens is 424 g/mol. The molecule has 0 aliphatic heterocycles. The molecule has 0 spiro atoms. The topological polar surface area (TPSA) is 84.0 Å². The molecule has 2 heterocycles. The van der Waals surface area contributed by atoms with Crippen molar-refractivity contribution < 1.29 is 4.74 Å². The molecule has 0 unspecified atom stereocenters. The summed E-state index contributed by atoms with van der Waals surface area (Å²) in [5.74, 6) is 1.37. The van der Waals surface area contributed by atoms with E-state index in [-0.39, 0.29) is 0 Å². The number of nitrogens with one attached hydrogen (secondary N) is 3. The van der Waals surface area contributed by atoms with Crippen molar-refractivity contribution in [3.05, 3.63) is 90.9 Å². The number of aryl methyl sites for hydroxylation is 1. The Labute approximate surface area is 200 Å². The van der Waals surface area contributed by atoms with E-state index in [0.29, 0.717) is 12.6 Å². The molecule has 0 saturated carbocycles. The van der Waals surface area contributed by atoms with Crippen LogP contribution in [-0.2, 0) is 0 Å². The van der Waals surface area contributed by atoms with Gasteiger partial charge >= 0.3 is 0 Å². The zero-order valence-corrected chi connectivity index (χ0v) is 19.6. The third kappa shape index (κ3) is 5.50. The van der Waals surface area contributed by atoms with Crippen LogP contribution in [0.2, 0.25) is 0 Å². The maximum atomic E-state index is 5.53. The van der Waals surface area contributed by atoms with E-state index >= 15 is 0 Å².